The Hall–Kier alpha value is -1.75. The maximum atomic E-state index is 11.7. The predicted molar refractivity (Wildman–Crippen MR) is 71.8 cm³/mol. The number of ether oxygens (including phenoxy) is 3. The number of amides is 1. The van der Waals surface area contributed by atoms with E-state index in [1.807, 2.05) is 12.1 Å². The van der Waals surface area contributed by atoms with Gasteiger partial charge in [-0.1, -0.05) is 0 Å². The molecule has 0 fully saturated rings. The summed E-state index contributed by atoms with van der Waals surface area (Å²) in [5.74, 6) is 1.42. The second-order valence-corrected chi connectivity index (χ2v) is 4.36. The fraction of sp³-hybridized carbons (Fsp3) is 0.500. The standard InChI is InChI=1S/C14H19NO4/c1-17-7-3-2-4-14(16)15-11-5-6-12-13(10-11)19-9-8-18-12/h5-6,10H,2-4,7-9H2,1H3,(H,15,16). The lowest BCUT2D eigenvalue weighted by Gasteiger charge is -2.19. The molecule has 5 heteroatoms. The number of hydrogen-bond acceptors (Lipinski definition) is 4. The van der Waals surface area contributed by atoms with E-state index in [0.717, 1.165) is 24.3 Å². The van der Waals surface area contributed by atoms with Crippen LogP contribution in [0.3, 0.4) is 0 Å². The van der Waals surface area contributed by atoms with E-state index < -0.39 is 0 Å². The van der Waals surface area contributed by atoms with Crippen molar-refractivity contribution < 1.29 is 19.0 Å². The number of nitrogens with one attached hydrogen (secondary N) is 1. The van der Waals surface area contributed by atoms with Crippen LogP contribution < -0.4 is 14.8 Å². The average Bonchev–Trinajstić information content (AvgIpc) is 2.43. The third-order valence-corrected chi connectivity index (χ3v) is 2.83. The van der Waals surface area contributed by atoms with Crippen molar-refractivity contribution in [2.75, 3.05) is 32.2 Å². The van der Waals surface area contributed by atoms with Crippen molar-refractivity contribution in [2.45, 2.75) is 19.3 Å². The van der Waals surface area contributed by atoms with E-state index in [-0.39, 0.29) is 5.91 Å². The summed E-state index contributed by atoms with van der Waals surface area (Å²) in [5, 5.41) is 2.85. The van der Waals surface area contributed by atoms with E-state index in [1.165, 1.54) is 0 Å². The second-order valence-electron chi connectivity index (χ2n) is 4.36. The Morgan fingerprint density at radius 2 is 2.05 bits per heavy atom. The molecule has 1 aromatic carbocycles. The first-order valence-corrected chi connectivity index (χ1v) is 6.48. The minimum absolute atomic E-state index is 0.00720. The lowest BCUT2D eigenvalue weighted by Crippen LogP contribution is -2.16. The minimum atomic E-state index is 0.00720. The highest BCUT2D eigenvalue weighted by molar-refractivity contribution is 5.91. The summed E-state index contributed by atoms with van der Waals surface area (Å²) < 4.78 is 15.8. The molecule has 5 nitrogen and oxygen atoms in total. The highest BCUT2D eigenvalue weighted by atomic mass is 16.6. The summed E-state index contributed by atoms with van der Waals surface area (Å²) >= 11 is 0. The Morgan fingerprint density at radius 3 is 2.84 bits per heavy atom. The molecule has 1 amide bonds. The summed E-state index contributed by atoms with van der Waals surface area (Å²) in [6, 6.07) is 5.43. The van der Waals surface area contributed by atoms with Crippen LogP contribution in [0.25, 0.3) is 0 Å². The van der Waals surface area contributed by atoms with Gasteiger partial charge in [-0.25, -0.2) is 0 Å². The molecule has 2 rings (SSSR count). The van der Waals surface area contributed by atoms with Crippen molar-refractivity contribution in [2.24, 2.45) is 0 Å². The van der Waals surface area contributed by atoms with Gasteiger partial charge in [-0.15, -0.1) is 0 Å². The molecule has 1 aliphatic heterocycles. The number of hydrogen-bond donors (Lipinski definition) is 1. The Labute approximate surface area is 112 Å². The number of carbonyl (C=O) groups is 1. The molecular weight excluding hydrogens is 246 g/mol. The number of unbranched alkanes of at least 4 members (excludes halogenated alkanes) is 1. The zero-order valence-corrected chi connectivity index (χ0v) is 11.1. The average molecular weight is 265 g/mol. The van der Waals surface area contributed by atoms with E-state index >= 15 is 0 Å². The number of fused-ring (bicyclic) bond motifs is 1. The largest absolute Gasteiger partial charge is 0.486 e. The first kappa shape index (κ1) is 13.7. The van der Waals surface area contributed by atoms with E-state index in [2.05, 4.69) is 5.32 Å². The molecule has 19 heavy (non-hydrogen) atoms. The van der Waals surface area contributed by atoms with Crippen molar-refractivity contribution in [1.82, 2.24) is 0 Å². The van der Waals surface area contributed by atoms with Crippen LogP contribution in [0.1, 0.15) is 19.3 Å². The monoisotopic (exact) mass is 265 g/mol. The van der Waals surface area contributed by atoms with Gasteiger partial charge in [0.2, 0.25) is 5.91 Å². The maximum Gasteiger partial charge on any atom is 0.224 e. The molecule has 0 aliphatic carbocycles. The lowest BCUT2D eigenvalue weighted by molar-refractivity contribution is -0.116. The highest BCUT2D eigenvalue weighted by Crippen LogP contribution is 2.32. The molecule has 1 heterocycles. The summed E-state index contributed by atoms with van der Waals surface area (Å²) in [6.07, 6.45) is 2.22. The molecule has 0 aromatic heterocycles. The fourth-order valence-electron chi connectivity index (χ4n) is 1.88. The van der Waals surface area contributed by atoms with Gasteiger partial charge in [0.05, 0.1) is 0 Å². The third-order valence-electron chi connectivity index (χ3n) is 2.83. The van der Waals surface area contributed by atoms with E-state index in [9.17, 15) is 4.79 Å². The Kier molecular flexibility index (Phi) is 5.03. The van der Waals surface area contributed by atoms with Gasteiger partial charge in [0, 0.05) is 31.9 Å². The molecule has 0 atom stereocenters. The lowest BCUT2D eigenvalue weighted by atomic mass is 10.2. The number of anilines is 1. The quantitative estimate of drug-likeness (QED) is 0.801. The molecule has 104 valence electrons. The third kappa shape index (κ3) is 4.13. The topological polar surface area (TPSA) is 56.8 Å². The van der Waals surface area contributed by atoms with Gasteiger partial charge in [-0.05, 0) is 25.0 Å². The van der Waals surface area contributed by atoms with Gasteiger partial charge >= 0.3 is 0 Å². The van der Waals surface area contributed by atoms with Crippen molar-refractivity contribution in [1.29, 1.82) is 0 Å². The Balaban J connectivity index is 1.83. The van der Waals surface area contributed by atoms with Crippen LogP contribution in [-0.4, -0.2) is 32.8 Å². The molecule has 1 aliphatic rings. The van der Waals surface area contributed by atoms with E-state index in [1.54, 1.807) is 13.2 Å². The molecule has 1 aromatic rings. The summed E-state index contributed by atoms with van der Waals surface area (Å²) in [4.78, 5) is 11.7. The number of methoxy groups -OCH3 is 1. The van der Waals surface area contributed by atoms with Crippen LogP contribution >= 0.6 is 0 Å². The summed E-state index contributed by atoms with van der Waals surface area (Å²) in [5.41, 5.74) is 0.737. The van der Waals surface area contributed by atoms with E-state index in [0.29, 0.717) is 32.0 Å². The highest BCUT2D eigenvalue weighted by Gasteiger charge is 2.12. The van der Waals surface area contributed by atoms with E-state index in [4.69, 9.17) is 14.2 Å². The summed E-state index contributed by atoms with van der Waals surface area (Å²) in [7, 11) is 1.66. The molecule has 0 spiro atoms. The normalized spacial score (nSPS) is 13.1. The van der Waals surface area contributed by atoms with Crippen LogP contribution in [0.2, 0.25) is 0 Å². The van der Waals surface area contributed by atoms with Gasteiger partial charge in [0.25, 0.3) is 0 Å². The van der Waals surface area contributed by atoms with Crippen LogP contribution in [-0.2, 0) is 9.53 Å². The zero-order chi connectivity index (χ0) is 13.5. The van der Waals surface area contributed by atoms with Gasteiger partial charge in [0.15, 0.2) is 11.5 Å². The minimum Gasteiger partial charge on any atom is -0.486 e. The van der Waals surface area contributed by atoms with Crippen molar-refractivity contribution in [3.05, 3.63) is 18.2 Å². The molecular formula is C14H19NO4. The molecule has 0 unspecified atom stereocenters. The van der Waals surface area contributed by atoms with Gasteiger partial charge in [-0.3, -0.25) is 4.79 Å². The van der Waals surface area contributed by atoms with Crippen LogP contribution in [0.15, 0.2) is 18.2 Å². The first-order chi connectivity index (χ1) is 9.29. The predicted octanol–water partition coefficient (Wildman–Crippen LogP) is 2.21. The van der Waals surface area contributed by atoms with Crippen molar-refractivity contribution in [3.63, 3.8) is 0 Å². The maximum absolute atomic E-state index is 11.7. The number of benzene rings is 1. The SMILES string of the molecule is COCCCCC(=O)Nc1ccc2c(c1)OCCO2. The number of carbonyl (C=O) groups excluding carboxylic acids is 1. The van der Waals surface area contributed by atoms with Gasteiger partial charge < -0.3 is 19.5 Å². The molecule has 0 saturated heterocycles. The van der Waals surface area contributed by atoms with Crippen molar-refractivity contribution >= 4 is 11.6 Å². The molecule has 1 N–H and O–H groups in total. The Morgan fingerprint density at radius 1 is 1.26 bits per heavy atom. The van der Waals surface area contributed by atoms with Gasteiger partial charge in [-0.2, -0.15) is 0 Å². The first-order valence-electron chi connectivity index (χ1n) is 6.48. The van der Waals surface area contributed by atoms with Crippen LogP contribution in [0.4, 0.5) is 5.69 Å². The van der Waals surface area contributed by atoms with Crippen LogP contribution in [0, 0.1) is 0 Å². The fourth-order valence-corrected chi connectivity index (χ4v) is 1.88. The van der Waals surface area contributed by atoms with Crippen LogP contribution in [0.5, 0.6) is 11.5 Å². The Bertz CT molecular complexity index is 433. The molecule has 0 saturated carbocycles. The second kappa shape index (κ2) is 6.99. The number of rotatable bonds is 6. The molecule has 0 bridgehead atoms. The molecule has 0 radical (unpaired) electrons. The smallest absolute Gasteiger partial charge is 0.224 e. The summed E-state index contributed by atoms with van der Waals surface area (Å²) in [6.45, 7) is 1.80. The van der Waals surface area contributed by atoms with Gasteiger partial charge in [0.1, 0.15) is 13.2 Å². The zero-order valence-electron chi connectivity index (χ0n) is 11.1. The van der Waals surface area contributed by atoms with Crippen molar-refractivity contribution in [3.8, 4) is 11.5 Å².